The third kappa shape index (κ3) is 4.78. The fraction of sp³-hybridized carbons (Fsp3) is 0.636. The maximum atomic E-state index is 11.7. The Morgan fingerprint density at radius 1 is 1.65 bits per heavy atom. The van der Waals surface area contributed by atoms with Crippen molar-refractivity contribution in [2.75, 3.05) is 19.6 Å². The monoisotopic (exact) mass is 303 g/mol. The molecule has 0 saturated carbocycles. The number of rotatable bonds is 5. The molecule has 1 unspecified atom stereocenters. The molecule has 1 aliphatic rings. The van der Waals surface area contributed by atoms with Crippen LogP contribution in [0.4, 0.5) is 5.69 Å². The van der Waals surface area contributed by atoms with Gasteiger partial charge in [-0.05, 0) is 31.8 Å². The number of aromatic nitrogens is 2. The number of halogens is 1. The van der Waals surface area contributed by atoms with E-state index in [4.69, 9.17) is 0 Å². The molecule has 2 heterocycles. The normalized spacial score (nSPS) is 18.1. The number of hydrogen-bond acceptors (Lipinski definition) is 5. The van der Waals surface area contributed by atoms with Gasteiger partial charge in [0.2, 0.25) is 5.91 Å². The van der Waals surface area contributed by atoms with Gasteiger partial charge < -0.3 is 10.6 Å². The molecule has 2 N–H and O–H groups in total. The Labute approximate surface area is 122 Å². The first kappa shape index (κ1) is 16.4. The predicted octanol–water partition coefficient (Wildman–Crippen LogP) is 0.329. The summed E-state index contributed by atoms with van der Waals surface area (Å²) in [6.45, 7) is 2.61. The fourth-order valence-electron chi connectivity index (χ4n) is 2.09. The first-order valence-corrected chi connectivity index (χ1v) is 6.29. The van der Waals surface area contributed by atoms with E-state index < -0.39 is 4.92 Å². The molecular weight excluding hydrogens is 286 g/mol. The highest BCUT2D eigenvalue weighted by molar-refractivity contribution is 5.85. The Morgan fingerprint density at radius 2 is 2.45 bits per heavy atom. The smallest absolute Gasteiger partial charge is 0.307 e. The number of carbonyl (C=O) groups is 1. The van der Waals surface area contributed by atoms with E-state index in [2.05, 4.69) is 15.7 Å². The molecule has 1 aromatic heterocycles. The quantitative estimate of drug-likeness (QED) is 0.603. The van der Waals surface area contributed by atoms with Gasteiger partial charge in [-0.1, -0.05) is 0 Å². The van der Waals surface area contributed by atoms with Crippen molar-refractivity contribution in [3.8, 4) is 0 Å². The zero-order valence-corrected chi connectivity index (χ0v) is 11.8. The standard InChI is InChI=1S/C11H17N5O3.ClH/c17-11(13-5-9-2-1-3-12-4-9)8-15-7-10(6-14-15)16(18)19;/h6-7,9,12H,1-5,8H2,(H,13,17);1H. The van der Waals surface area contributed by atoms with Crippen molar-refractivity contribution < 1.29 is 9.72 Å². The van der Waals surface area contributed by atoms with Crippen molar-refractivity contribution >= 4 is 24.0 Å². The number of nitro groups is 1. The molecule has 2 rings (SSSR count). The molecule has 1 aliphatic heterocycles. The van der Waals surface area contributed by atoms with Crippen molar-refractivity contribution in [3.63, 3.8) is 0 Å². The average molecular weight is 304 g/mol. The molecule has 112 valence electrons. The van der Waals surface area contributed by atoms with Gasteiger partial charge in [0, 0.05) is 6.54 Å². The second-order valence-electron chi connectivity index (χ2n) is 4.67. The molecular formula is C11H18ClN5O3. The third-order valence-electron chi connectivity index (χ3n) is 3.12. The molecule has 0 spiro atoms. The Bertz CT molecular complexity index is 459. The first-order valence-electron chi connectivity index (χ1n) is 6.29. The van der Waals surface area contributed by atoms with Crippen molar-refractivity contribution in [1.82, 2.24) is 20.4 Å². The molecule has 9 heteroatoms. The molecule has 20 heavy (non-hydrogen) atoms. The highest BCUT2D eigenvalue weighted by Gasteiger charge is 2.15. The highest BCUT2D eigenvalue weighted by atomic mass is 35.5. The Hall–Kier alpha value is -1.67. The van der Waals surface area contributed by atoms with Gasteiger partial charge in [0.15, 0.2) is 0 Å². The number of nitrogens with one attached hydrogen (secondary N) is 2. The lowest BCUT2D eigenvalue weighted by Crippen LogP contribution is -2.39. The lowest BCUT2D eigenvalue weighted by atomic mass is 10.00. The van der Waals surface area contributed by atoms with Crippen molar-refractivity contribution in [2.45, 2.75) is 19.4 Å². The maximum absolute atomic E-state index is 11.7. The Kier molecular flexibility index (Phi) is 6.40. The minimum Gasteiger partial charge on any atom is -0.354 e. The van der Waals surface area contributed by atoms with Gasteiger partial charge in [-0.3, -0.25) is 19.6 Å². The third-order valence-corrected chi connectivity index (χ3v) is 3.12. The van der Waals surface area contributed by atoms with E-state index in [1.165, 1.54) is 10.9 Å². The highest BCUT2D eigenvalue weighted by Crippen LogP contribution is 2.09. The van der Waals surface area contributed by atoms with Crippen LogP contribution < -0.4 is 10.6 Å². The summed E-state index contributed by atoms with van der Waals surface area (Å²) in [6, 6.07) is 0. The lowest BCUT2D eigenvalue weighted by Gasteiger charge is -2.22. The zero-order chi connectivity index (χ0) is 13.7. The lowest BCUT2D eigenvalue weighted by molar-refractivity contribution is -0.385. The van der Waals surface area contributed by atoms with Gasteiger partial charge in [0.05, 0.1) is 4.92 Å². The summed E-state index contributed by atoms with van der Waals surface area (Å²) in [6.07, 6.45) is 4.63. The van der Waals surface area contributed by atoms with Crippen molar-refractivity contribution in [1.29, 1.82) is 0 Å². The summed E-state index contributed by atoms with van der Waals surface area (Å²) in [5.41, 5.74) is -0.107. The fourth-order valence-corrected chi connectivity index (χ4v) is 2.09. The molecule has 0 aromatic carbocycles. The molecule has 0 bridgehead atoms. The van der Waals surface area contributed by atoms with Crippen LogP contribution in [0.5, 0.6) is 0 Å². The topological polar surface area (TPSA) is 102 Å². The number of carbonyl (C=O) groups excluding carboxylic acids is 1. The van der Waals surface area contributed by atoms with Crippen LogP contribution in [0.25, 0.3) is 0 Å². The van der Waals surface area contributed by atoms with Gasteiger partial charge in [-0.15, -0.1) is 12.4 Å². The second-order valence-corrected chi connectivity index (χ2v) is 4.67. The van der Waals surface area contributed by atoms with Crippen molar-refractivity contribution in [3.05, 3.63) is 22.5 Å². The number of amides is 1. The SMILES string of the molecule is Cl.O=C(Cn1cc([N+](=O)[O-])cn1)NCC1CCCNC1. The van der Waals surface area contributed by atoms with E-state index >= 15 is 0 Å². The summed E-state index contributed by atoms with van der Waals surface area (Å²) < 4.78 is 1.27. The summed E-state index contributed by atoms with van der Waals surface area (Å²) in [5, 5.41) is 20.4. The zero-order valence-electron chi connectivity index (χ0n) is 10.9. The summed E-state index contributed by atoms with van der Waals surface area (Å²) in [5.74, 6) is 0.285. The van der Waals surface area contributed by atoms with Gasteiger partial charge >= 0.3 is 5.69 Å². The molecule has 0 radical (unpaired) electrons. The second kappa shape index (κ2) is 7.81. The van der Waals surface area contributed by atoms with E-state index in [1.807, 2.05) is 0 Å². The van der Waals surface area contributed by atoms with Crippen LogP contribution in [0.3, 0.4) is 0 Å². The molecule has 1 fully saturated rings. The van der Waals surface area contributed by atoms with E-state index in [0.717, 1.165) is 32.1 Å². The predicted molar refractivity (Wildman–Crippen MR) is 74.7 cm³/mol. The molecule has 8 nitrogen and oxygen atoms in total. The largest absolute Gasteiger partial charge is 0.354 e. The minimum atomic E-state index is -0.533. The van der Waals surface area contributed by atoms with E-state index in [0.29, 0.717) is 12.5 Å². The number of piperidine rings is 1. The van der Waals surface area contributed by atoms with Crippen LogP contribution >= 0.6 is 12.4 Å². The Morgan fingerprint density at radius 3 is 3.05 bits per heavy atom. The van der Waals surface area contributed by atoms with E-state index in [-0.39, 0.29) is 30.5 Å². The van der Waals surface area contributed by atoms with Crippen molar-refractivity contribution in [2.24, 2.45) is 5.92 Å². The van der Waals surface area contributed by atoms with E-state index in [9.17, 15) is 14.9 Å². The van der Waals surface area contributed by atoms with Crippen LogP contribution in [0.2, 0.25) is 0 Å². The van der Waals surface area contributed by atoms with Crippen LogP contribution in [-0.2, 0) is 11.3 Å². The maximum Gasteiger partial charge on any atom is 0.307 e. The summed E-state index contributed by atoms with van der Waals surface area (Å²) >= 11 is 0. The van der Waals surface area contributed by atoms with Crippen LogP contribution in [0.1, 0.15) is 12.8 Å². The molecule has 1 atom stereocenters. The number of hydrogen-bond donors (Lipinski definition) is 2. The average Bonchev–Trinajstić information content (AvgIpc) is 2.86. The molecule has 0 aliphatic carbocycles. The van der Waals surface area contributed by atoms with Gasteiger partial charge in [-0.2, -0.15) is 5.10 Å². The summed E-state index contributed by atoms with van der Waals surface area (Å²) in [7, 11) is 0. The van der Waals surface area contributed by atoms with Crippen LogP contribution in [0.15, 0.2) is 12.4 Å². The Balaban J connectivity index is 0.00000200. The van der Waals surface area contributed by atoms with Gasteiger partial charge in [0.25, 0.3) is 0 Å². The van der Waals surface area contributed by atoms with Gasteiger partial charge in [0.1, 0.15) is 18.9 Å². The van der Waals surface area contributed by atoms with Crippen LogP contribution in [-0.4, -0.2) is 40.2 Å². The molecule has 1 aromatic rings. The molecule has 1 saturated heterocycles. The number of nitrogens with zero attached hydrogens (tertiary/aromatic N) is 3. The summed E-state index contributed by atoms with van der Waals surface area (Å²) in [4.78, 5) is 21.6. The van der Waals surface area contributed by atoms with Crippen LogP contribution in [0, 0.1) is 16.0 Å². The first-order chi connectivity index (χ1) is 9.15. The minimum absolute atomic E-state index is 0. The molecule has 1 amide bonds. The van der Waals surface area contributed by atoms with E-state index in [1.54, 1.807) is 0 Å². The van der Waals surface area contributed by atoms with Gasteiger partial charge in [-0.25, -0.2) is 0 Å².